The third-order valence-corrected chi connectivity index (χ3v) is 6.21. The van der Waals surface area contributed by atoms with Crippen LogP contribution in [0.2, 0.25) is 5.02 Å². The molecule has 1 aliphatic rings. The summed E-state index contributed by atoms with van der Waals surface area (Å²) in [6.45, 7) is 2.61. The number of rotatable bonds is 4. The highest BCUT2D eigenvalue weighted by Gasteiger charge is 2.42. The van der Waals surface area contributed by atoms with Crippen molar-refractivity contribution in [3.63, 3.8) is 0 Å². The fraction of sp³-hybridized carbons (Fsp3) is 0.417. The number of ether oxygens (including phenoxy) is 2. The fourth-order valence-electron chi connectivity index (χ4n) is 4.44. The molecule has 1 aliphatic heterocycles. The highest BCUT2D eigenvalue weighted by atomic mass is 35.5. The first-order valence-electron chi connectivity index (χ1n) is 11.3. The molecule has 0 fully saturated rings. The van der Waals surface area contributed by atoms with E-state index >= 15 is 0 Å². The summed E-state index contributed by atoms with van der Waals surface area (Å²) in [5.74, 6) is 0. The number of alkyl halides is 6. The molecular weight excluding hydrogens is 544 g/mol. The molecule has 2 amide bonds. The summed E-state index contributed by atoms with van der Waals surface area (Å²) in [7, 11) is 1.02. The normalized spacial score (nSPS) is 17.6. The lowest BCUT2D eigenvalue weighted by Gasteiger charge is -2.43. The van der Waals surface area contributed by atoms with E-state index in [0.717, 1.165) is 12.0 Å². The summed E-state index contributed by atoms with van der Waals surface area (Å²) in [5, 5.41) is 0.132. The van der Waals surface area contributed by atoms with Gasteiger partial charge >= 0.3 is 24.5 Å². The molecule has 3 rings (SSSR count). The lowest BCUT2D eigenvalue weighted by molar-refractivity contribution is -0.143. The Kier molecular flexibility index (Phi) is 8.30. The zero-order valence-corrected chi connectivity index (χ0v) is 21.2. The van der Waals surface area contributed by atoms with Gasteiger partial charge < -0.3 is 15.2 Å². The van der Waals surface area contributed by atoms with Crippen molar-refractivity contribution >= 4 is 35.2 Å². The van der Waals surface area contributed by atoms with Crippen LogP contribution in [0.3, 0.4) is 0 Å². The smallest absolute Gasteiger partial charge is 0.416 e. The first kappa shape index (κ1) is 29.2. The van der Waals surface area contributed by atoms with Crippen molar-refractivity contribution in [2.45, 2.75) is 51.2 Å². The molecule has 208 valence electrons. The topological polar surface area (TPSA) is 85.1 Å². The second kappa shape index (κ2) is 10.8. The number of methoxy groups -OCH3 is 1. The third kappa shape index (κ3) is 6.03. The molecule has 0 bridgehead atoms. The maximum atomic E-state index is 13.4. The average molecular weight is 568 g/mol. The number of nitrogens with two attached hydrogens (primary N) is 1. The van der Waals surface area contributed by atoms with Crippen molar-refractivity contribution in [3.05, 3.63) is 57.6 Å². The first-order valence-corrected chi connectivity index (χ1v) is 11.6. The van der Waals surface area contributed by atoms with Crippen molar-refractivity contribution < 1.29 is 45.4 Å². The lowest BCUT2D eigenvalue weighted by atomic mass is 9.89. The largest absolute Gasteiger partial charge is 0.453 e. The van der Waals surface area contributed by atoms with Gasteiger partial charge in [0, 0.05) is 23.2 Å². The highest BCUT2D eigenvalue weighted by molar-refractivity contribution is 6.31. The lowest BCUT2D eigenvalue weighted by Crippen LogP contribution is -2.48. The van der Waals surface area contributed by atoms with Gasteiger partial charge in [-0.2, -0.15) is 26.3 Å². The Morgan fingerprint density at radius 2 is 1.66 bits per heavy atom. The SMILES string of the molecule is CCOC(=O)N1c2c(N)cc(Cl)cc2[C@H](N(Cc2cc(C(F)(F)F)cc(C(F)(F)F)c2)C(=O)OC)C[C@@H]1C. The number of nitrogens with zero attached hydrogens (tertiary/aromatic N) is 2. The Morgan fingerprint density at radius 3 is 2.16 bits per heavy atom. The molecule has 2 aromatic carbocycles. The number of carbonyl (C=O) groups excluding carboxylic acids is 2. The van der Waals surface area contributed by atoms with E-state index in [4.69, 9.17) is 26.8 Å². The Morgan fingerprint density at radius 1 is 1.08 bits per heavy atom. The predicted molar refractivity (Wildman–Crippen MR) is 127 cm³/mol. The average Bonchev–Trinajstić information content (AvgIpc) is 2.80. The van der Waals surface area contributed by atoms with Crippen LogP contribution in [0.15, 0.2) is 30.3 Å². The number of hydrogen-bond acceptors (Lipinski definition) is 5. The summed E-state index contributed by atoms with van der Waals surface area (Å²) >= 11 is 6.19. The Balaban J connectivity index is 2.17. The van der Waals surface area contributed by atoms with Crippen LogP contribution in [0, 0.1) is 0 Å². The number of carbonyl (C=O) groups is 2. The Bertz CT molecular complexity index is 1190. The van der Waals surface area contributed by atoms with Crippen molar-refractivity contribution in [2.24, 2.45) is 0 Å². The van der Waals surface area contributed by atoms with Gasteiger partial charge in [0.1, 0.15) is 0 Å². The second-order valence-electron chi connectivity index (χ2n) is 8.61. The minimum Gasteiger partial charge on any atom is -0.453 e. The van der Waals surface area contributed by atoms with Gasteiger partial charge in [-0.1, -0.05) is 11.6 Å². The number of fused-ring (bicyclic) bond motifs is 1. The molecule has 2 atom stereocenters. The van der Waals surface area contributed by atoms with Gasteiger partial charge in [-0.15, -0.1) is 0 Å². The zero-order chi connectivity index (χ0) is 28.6. The summed E-state index contributed by atoms with van der Waals surface area (Å²) in [4.78, 5) is 27.8. The number of anilines is 2. The zero-order valence-electron chi connectivity index (χ0n) is 20.4. The number of amides is 2. The van der Waals surface area contributed by atoms with Gasteiger partial charge in [-0.05, 0) is 56.2 Å². The molecule has 1 heterocycles. The van der Waals surface area contributed by atoms with Crippen molar-refractivity contribution in [2.75, 3.05) is 24.4 Å². The monoisotopic (exact) mass is 567 g/mol. The fourth-order valence-corrected chi connectivity index (χ4v) is 4.67. The molecule has 0 aromatic heterocycles. The van der Waals surface area contributed by atoms with Crippen LogP contribution in [0.25, 0.3) is 0 Å². The molecule has 14 heteroatoms. The molecule has 0 unspecified atom stereocenters. The molecule has 2 N–H and O–H groups in total. The standard InChI is InChI=1S/C24H24ClF6N3O4/c1-4-38-22(36)34-12(2)5-19(17-9-16(25)10-18(32)20(17)34)33(21(35)37-3)11-13-6-14(23(26,27)28)8-15(7-13)24(29,30)31/h6-10,12,19H,4-5,11,32H2,1-3H3/t12-,19+/m0/s1. The van der Waals surface area contributed by atoms with Gasteiger partial charge in [0.2, 0.25) is 0 Å². The van der Waals surface area contributed by atoms with Gasteiger partial charge in [0.25, 0.3) is 0 Å². The number of halogens is 7. The summed E-state index contributed by atoms with van der Waals surface area (Å²) in [5.41, 5.74) is 3.15. The summed E-state index contributed by atoms with van der Waals surface area (Å²) in [6.07, 6.45) is -11.9. The van der Waals surface area contributed by atoms with E-state index in [1.807, 2.05) is 0 Å². The molecule has 38 heavy (non-hydrogen) atoms. The predicted octanol–water partition coefficient (Wildman–Crippen LogP) is 7.02. The van der Waals surface area contributed by atoms with Gasteiger partial charge in [-0.25, -0.2) is 9.59 Å². The second-order valence-corrected chi connectivity index (χ2v) is 9.05. The van der Waals surface area contributed by atoms with Crippen LogP contribution < -0.4 is 10.6 Å². The van der Waals surface area contributed by atoms with Crippen LogP contribution >= 0.6 is 11.6 Å². The van der Waals surface area contributed by atoms with E-state index in [9.17, 15) is 35.9 Å². The van der Waals surface area contributed by atoms with Gasteiger partial charge in [0.05, 0.1) is 42.3 Å². The number of hydrogen-bond donors (Lipinski definition) is 1. The quantitative estimate of drug-likeness (QED) is 0.317. The maximum absolute atomic E-state index is 13.4. The molecule has 0 saturated carbocycles. The first-order chi connectivity index (χ1) is 17.6. The van der Waals surface area contributed by atoms with Crippen molar-refractivity contribution in [1.82, 2.24) is 4.90 Å². The van der Waals surface area contributed by atoms with Crippen molar-refractivity contribution in [1.29, 1.82) is 0 Å². The molecule has 0 saturated heterocycles. The molecule has 7 nitrogen and oxygen atoms in total. The highest BCUT2D eigenvalue weighted by Crippen LogP contribution is 2.46. The van der Waals surface area contributed by atoms with Crippen LogP contribution in [0.4, 0.5) is 47.3 Å². The minimum atomic E-state index is -5.07. The van der Waals surface area contributed by atoms with E-state index in [2.05, 4.69) is 0 Å². The molecule has 0 radical (unpaired) electrons. The van der Waals surface area contributed by atoms with E-state index in [1.54, 1.807) is 13.8 Å². The third-order valence-electron chi connectivity index (χ3n) is 5.99. The van der Waals surface area contributed by atoms with Gasteiger partial charge in [0.15, 0.2) is 0 Å². The summed E-state index contributed by atoms with van der Waals surface area (Å²) in [6, 6.07) is 2.23. The van der Waals surface area contributed by atoms with Crippen LogP contribution in [0.1, 0.15) is 48.6 Å². The van der Waals surface area contributed by atoms with Crippen LogP contribution in [0.5, 0.6) is 0 Å². The maximum Gasteiger partial charge on any atom is 0.416 e. The van der Waals surface area contributed by atoms with E-state index in [-0.39, 0.29) is 41.1 Å². The van der Waals surface area contributed by atoms with E-state index in [0.29, 0.717) is 12.1 Å². The Hall–Kier alpha value is -3.35. The van der Waals surface area contributed by atoms with Gasteiger partial charge in [-0.3, -0.25) is 9.80 Å². The minimum absolute atomic E-state index is 0.00164. The molecular formula is C24H24ClF6N3O4. The molecule has 0 aliphatic carbocycles. The number of benzene rings is 2. The van der Waals surface area contributed by atoms with Crippen LogP contribution in [-0.4, -0.2) is 36.8 Å². The molecule has 0 spiro atoms. The number of nitrogen functional groups attached to an aromatic ring is 1. The van der Waals surface area contributed by atoms with Crippen LogP contribution in [-0.2, 0) is 28.4 Å². The Labute approximate surface area is 219 Å². The molecule has 2 aromatic rings. The van der Waals surface area contributed by atoms with E-state index < -0.39 is 59.9 Å². The summed E-state index contributed by atoms with van der Waals surface area (Å²) < 4.78 is 90.5. The van der Waals surface area contributed by atoms with E-state index in [1.165, 1.54) is 17.0 Å². The van der Waals surface area contributed by atoms with Crippen molar-refractivity contribution in [3.8, 4) is 0 Å².